The van der Waals surface area contributed by atoms with Crippen LogP contribution in [0.25, 0.3) is 0 Å². The van der Waals surface area contributed by atoms with Crippen LogP contribution in [0.1, 0.15) is 31.9 Å². The second kappa shape index (κ2) is 5.10. The first-order valence-electron chi connectivity index (χ1n) is 6.96. The van der Waals surface area contributed by atoms with Crippen molar-refractivity contribution in [3.05, 3.63) is 29.6 Å². The zero-order valence-corrected chi connectivity index (χ0v) is 11.4. The van der Waals surface area contributed by atoms with Crippen LogP contribution in [0.4, 0.5) is 4.39 Å². The fourth-order valence-corrected chi connectivity index (χ4v) is 3.15. The number of ether oxygens (including phenoxy) is 2. The van der Waals surface area contributed by atoms with Gasteiger partial charge >= 0.3 is 0 Å². The molecule has 2 aliphatic heterocycles. The Balaban J connectivity index is 1.99. The van der Waals surface area contributed by atoms with E-state index in [0.717, 1.165) is 24.3 Å². The van der Waals surface area contributed by atoms with E-state index in [1.165, 1.54) is 6.07 Å². The Hall–Kier alpha value is -1.13. The highest BCUT2D eigenvalue weighted by atomic mass is 19.1. The number of morpholine rings is 1. The molecule has 2 aliphatic rings. The SMILES string of the molecule is CC(C)N1CCO[C@H]2c3cc(F)ccc3OCC[C@@H]21. The van der Waals surface area contributed by atoms with Crippen molar-refractivity contribution in [2.75, 3.05) is 19.8 Å². The molecule has 0 aromatic heterocycles. The van der Waals surface area contributed by atoms with Crippen LogP contribution in [-0.4, -0.2) is 36.7 Å². The second-order valence-electron chi connectivity index (χ2n) is 5.51. The van der Waals surface area contributed by atoms with Gasteiger partial charge in [0.15, 0.2) is 0 Å². The summed E-state index contributed by atoms with van der Waals surface area (Å²) in [6.45, 7) is 6.67. The summed E-state index contributed by atoms with van der Waals surface area (Å²) in [5, 5.41) is 0. The summed E-state index contributed by atoms with van der Waals surface area (Å²) in [5.41, 5.74) is 0.854. The van der Waals surface area contributed by atoms with Crippen molar-refractivity contribution in [1.82, 2.24) is 4.90 Å². The lowest BCUT2D eigenvalue weighted by Crippen LogP contribution is -2.50. The minimum Gasteiger partial charge on any atom is -0.493 e. The molecule has 0 bridgehead atoms. The number of benzene rings is 1. The fourth-order valence-electron chi connectivity index (χ4n) is 3.15. The van der Waals surface area contributed by atoms with Gasteiger partial charge in [-0.1, -0.05) is 0 Å². The molecule has 0 aliphatic carbocycles. The zero-order chi connectivity index (χ0) is 13.4. The Bertz CT molecular complexity index is 463. The molecule has 0 saturated carbocycles. The number of hydrogen-bond donors (Lipinski definition) is 0. The van der Waals surface area contributed by atoms with Crippen molar-refractivity contribution in [1.29, 1.82) is 0 Å². The summed E-state index contributed by atoms with van der Waals surface area (Å²) in [6, 6.07) is 5.46. The van der Waals surface area contributed by atoms with Crippen LogP contribution >= 0.6 is 0 Å². The van der Waals surface area contributed by atoms with E-state index < -0.39 is 0 Å². The van der Waals surface area contributed by atoms with Crippen molar-refractivity contribution in [2.45, 2.75) is 38.5 Å². The van der Waals surface area contributed by atoms with Gasteiger partial charge in [-0.25, -0.2) is 4.39 Å². The van der Waals surface area contributed by atoms with Crippen LogP contribution in [-0.2, 0) is 4.74 Å². The van der Waals surface area contributed by atoms with E-state index >= 15 is 0 Å². The maximum absolute atomic E-state index is 13.5. The Kier molecular flexibility index (Phi) is 3.46. The van der Waals surface area contributed by atoms with Gasteiger partial charge in [-0.3, -0.25) is 4.90 Å². The molecule has 0 amide bonds. The average molecular weight is 265 g/mol. The molecule has 104 valence electrons. The number of nitrogens with zero attached hydrogens (tertiary/aromatic N) is 1. The summed E-state index contributed by atoms with van der Waals surface area (Å²) in [4.78, 5) is 2.44. The van der Waals surface area contributed by atoms with Crippen molar-refractivity contribution >= 4 is 0 Å². The highest BCUT2D eigenvalue weighted by molar-refractivity contribution is 5.37. The Morgan fingerprint density at radius 3 is 2.95 bits per heavy atom. The normalized spacial score (nSPS) is 27.4. The lowest BCUT2D eigenvalue weighted by Gasteiger charge is -2.42. The Morgan fingerprint density at radius 2 is 2.16 bits per heavy atom. The molecule has 19 heavy (non-hydrogen) atoms. The van der Waals surface area contributed by atoms with E-state index in [0.29, 0.717) is 19.3 Å². The second-order valence-corrected chi connectivity index (χ2v) is 5.51. The van der Waals surface area contributed by atoms with Gasteiger partial charge < -0.3 is 9.47 Å². The third-order valence-corrected chi connectivity index (χ3v) is 4.04. The Morgan fingerprint density at radius 1 is 1.32 bits per heavy atom. The molecule has 0 radical (unpaired) electrons. The van der Waals surface area contributed by atoms with Crippen LogP contribution < -0.4 is 4.74 Å². The Labute approximate surface area is 113 Å². The first-order valence-corrected chi connectivity index (χ1v) is 6.96. The van der Waals surface area contributed by atoms with Gasteiger partial charge in [-0.15, -0.1) is 0 Å². The molecule has 0 N–H and O–H groups in total. The molecular formula is C15H20FNO2. The molecule has 3 nitrogen and oxygen atoms in total. The molecule has 0 spiro atoms. The third kappa shape index (κ3) is 2.35. The summed E-state index contributed by atoms with van der Waals surface area (Å²) < 4.78 is 25.2. The van der Waals surface area contributed by atoms with Gasteiger partial charge in [-0.2, -0.15) is 0 Å². The third-order valence-electron chi connectivity index (χ3n) is 4.04. The molecule has 3 rings (SSSR count). The lowest BCUT2D eigenvalue weighted by atomic mass is 9.96. The van der Waals surface area contributed by atoms with E-state index in [1.807, 2.05) is 0 Å². The van der Waals surface area contributed by atoms with Crippen LogP contribution in [0.5, 0.6) is 5.75 Å². The highest BCUT2D eigenvalue weighted by Gasteiger charge is 2.37. The van der Waals surface area contributed by atoms with Gasteiger partial charge in [0, 0.05) is 24.2 Å². The molecule has 2 heterocycles. The molecular weight excluding hydrogens is 245 g/mol. The van der Waals surface area contributed by atoms with E-state index in [-0.39, 0.29) is 18.0 Å². The molecule has 1 aromatic rings. The molecule has 1 aromatic carbocycles. The smallest absolute Gasteiger partial charge is 0.125 e. The summed E-state index contributed by atoms with van der Waals surface area (Å²) in [6.07, 6.45) is 0.837. The van der Waals surface area contributed by atoms with E-state index in [2.05, 4.69) is 18.7 Å². The highest BCUT2D eigenvalue weighted by Crippen LogP contribution is 2.39. The monoisotopic (exact) mass is 265 g/mol. The van der Waals surface area contributed by atoms with Crippen molar-refractivity contribution in [3.8, 4) is 5.75 Å². The van der Waals surface area contributed by atoms with E-state index in [4.69, 9.17) is 9.47 Å². The first-order chi connectivity index (χ1) is 9.16. The summed E-state index contributed by atoms with van der Waals surface area (Å²) in [5.74, 6) is 0.535. The largest absolute Gasteiger partial charge is 0.493 e. The molecule has 2 atom stereocenters. The van der Waals surface area contributed by atoms with Gasteiger partial charge in [-0.05, 0) is 38.5 Å². The number of fused-ring (bicyclic) bond motifs is 3. The maximum atomic E-state index is 13.5. The van der Waals surface area contributed by atoms with Crippen molar-refractivity contribution < 1.29 is 13.9 Å². The molecule has 0 unspecified atom stereocenters. The van der Waals surface area contributed by atoms with Gasteiger partial charge in [0.2, 0.25) is 0 Å². The summed E-state index contributed by atoms with van der Waals surface area (Å²) >= 11 is 0. The van der Waals surface area contributed by atoms with Gasteiger partial charge in [0.1, 0.15) is 17.7 Å². The molecule has 1 saturated heterocycles. The standard InChI is InChI=1S/C15H20FNO2/c1-10(2)17-6-8-19-15-12-9-11(16)3-4-14(12)18-7-5-13(15)17/h3-4,9-10,13,15H,5-8H2,1-2H3/t13-,15-/m0/s1. The van der Waals surface area contributed by atoms with Crippen LogP contribution in [0.15, 0.2) is 18.2 Å². The summed E-state index contributed by atoms with van der Waals surface area (Å²) in [7, 11) is 0. The molecule has 4 heteroatoms. The number of rotatable bonds is 1. The van der Waals surface area contributed by atoms with Gasteiger partial charge in [0.05, 0.1) is 13.2 Å². The fraction of sp³-hybridized carbons (Fsp3) is 0.600. The van der Waals surface area contributed by atoms with Crippen LogP contribution in [0.3, 0.4) is 0 Å². The van der Waals surface area contributed by atoms with Crippen molar-refractivity contribution in [2.24, 2.45) is 0 Å². The lowest BCUT2D eigenvalue weighted by molar-refractivity contribution is -0.0852. The van der Waals surface area contributed by atoms with Crippen molar-refractivity contribution in [3.63, 3.8) is 0 Å². The molecule has 1 fully saturated rings. The predicted octanol–water partition coefficient (Wildman–Crippen LogP) is 2.76. The number of halogens is 1. The average Bonchev–Trinajstić information content (AvgIpc) is 2.57. The van der Waals surface area contributed by atoms with Crippen LogP contribution in [0, 0.1) is 5.82 Å². The minimum atomic E-state index is -0.228. The quantitative estimate of drug-likeness (QED) is 0.779. The van der Waals surface area contributed by atoms with Gasteiger partial charge in [0.25, 0.3) is 0 Å². The zero-order valence-electron chi connectivity index (χ0n) is 11.4. The topological polar surface area (TPSA) is 21.7 Å². The first kappa shape index (κ1) is 12.9. The van der Waals surface area contributed by atoms with E-state index in [9.17, 15) is 4.39 Å². The number of hydrogen-bond acceptors (Lipinski definition) is 3. The predicted molar refractivity (Wildman–Crippen MR) is 70.8 cm³/mol. The minimum absolute atomic E-state index is 0.0793. The van der Waals surface area contributed by atoms with E-state index in [1.54, 1.807) is 12.1 Å². The maximum Gasteiger partial charge on any atom is 0.125 e. The van der Waals surface area contributed by atoms with Crippen LogP contribution in [0.2, 0.25) is 0 Å².